The maximum atomic E-state index is 13.5. The van der Waals surface area contributed by atoms with Crippen molar-refractivity contribution in [1.82, 2.24) is 5.32 Å². The quantitative estimate of drug-likeness (QED) is 0.0199. The Morgan fingerprint density at radius 2 is 0.625 bits per heavy atom. The number of allylic oxidation sites excluding steroid dienone is 13. The number of hydrogen-bond acceptors (Lipinski definition) is 18. The van der Waals surface area contributed by atoms with Gasteiger partial charge in [0, 0.05) is 6.42 Å². The zero-order chi connectivity index (χ0) is 81.0. The molecule has 652 valence electrons. The van der Waals surface area contributed by atoms with Gasteiger partial charge in [0.2, 0.25) is 5.91 Å². The monoisotopic (exact) mass is 1590 g/mol. The standard InChI is InChI=1S/C93H167NO18/c1-3-5-7-9-11-13-15-17-19-21-23-25-27-29-31-32-33-34-35-36-37-38-39-40-41-42-43-44-45-47-49-51-53-55-57-59-61-63-65-67-69-71-81(99)94-76(77(98)70-68-66-64-62-60-58-56-54-52-50-48-46-30-28-26-24-22-20-18-16-14-12-10-8-6-4-2)75-107-91-87(105)84(102)89(79(73-96)109-91)112-93-88(106)85(103)90(80(74-97)110-93)111-92-86(104)83(101)82(100)78(72-95)108-92/h5,7,11,13,17,19,23,25,52,54,60,62,68,70,76-80,82-93,95-98,100-106H,3-4,6,8-10,12,14-16,18,20-22,24,26-51,53,55-59,61,63-67,69,71-75H2,1-2H3,(H,94,99)/b7-5-,13-11-,19-17-,25-23-,54-52+,62-60+,70-68+. The molecule has 3 fully saturated rings. The van der Waals surface area contributed by atoms with E-state index < -0.39 is 124 Å². The summed E-state index contributed by atoms with van der Waals surface area (Å²) in [6.07, 6.45) is 71.8. The summed E-state index contributed by atoms with van der Waals surface area (Å²) in [6.45, 7) is 1.65. The minimum Gasteiger partial charge on any atom is -0.394 e. The maximum absolute atomic E-state index is 13.5. The van der Waals surface area contributed by atoms with E-state index >= 15 is 0 Å². The highest BCUT2D eigenvalue weighted by Gasteiger charge is 2.54. The van der Waals surface area contributed by atoms with Crippen molar-refractivity contribution in [3.8, 4) is 0 Å². The lowest BCUT2D eigenvalue weighted by Gasteiger charge is -2.48. The van der Waals surface area contributed by atoms with E-state index in [1.807, 2.05) is 6.08 Å². The van der Waals surface area contributed by atoms with Crippen molar-refractivity contribution in [2.24, 2.45) is 0 Å². The van der Waals surface area contributed by atoms with Gasteiger partial charge in [0.1, 0.15) is 73.2 Å². The normalized spacial score (nSPS) is 25.3. The van der Waals surface area contributed by atoms with Gasteiger partial charge in [-0.05, 0) is 83.5 Å². The Balaban J connectivity index is 1.30. The van der Waals surface area contributed by atoms with Crippen molar-refractivity contribution in [1.29, 1.82) is 0 Å². The van der Waals surface area contributed by atoms with Gasteiger partial charge in [-0.1, -0.05) is 362 Å². The minimum atomic E-state index is -1.99. The van der Waals surface area contributed by atoms with Crippen molar-refractivity contribution in [2.45, 2.75) is 471 Å². The number of aliphatic hydroxyl groups is 11. The Hall–Kier alpha value is -3.03. The summed E-state index contributed by atoms with van der Waals surface area (Å²) in [6, 6.07) is -1.000. The lowest BCUT2D eigenvalue weighted by atomic mass is 9.96. The number of carbonyl (C=O) groups is 1. The predicted octanol–water partition coefficient (Wildman–Crippen LogP) is 17.7. The molecule has 0 saturated carbocycles. The highest BCUT2D eigenvalue weighted by Crippen LogP contribution is 2.34. The smallest absolute Gasteiger partial charge is 0.220 e. The molecule has 3 aliphatic rings. The highest BCUT2D eigenvalue weighted by molar-refractivity contribution is 5.76. The van der Waals surface area contributed by atoms with E-state index in [1.165, 1.54) is 263 Å². The molecular weight excluding hydrogens is 1420 g/mol. The molecule has 3 rings (SSSR count). The van der Waals surface area contributed by atoms with Gasteiger partial charge < -0.3 is 89.9 Å². The molecule has 0 aromatic carbocycles. The summed E-state index contributed by atoms with van der Waals surface area (Å²) in [5.41, 5.74) is 0. The Kier molecular flexibility index (Phi) is 66.3. The first-order chi connectivity index (χ1) is 54.8. The van der Waals surface area contributed by atoms with Crippen LogP contribution in [0.25, 0.3) is 0 Å². The number of rotatable bonds is 74. The maximum Gasteiger partial charge on any atom is 0.220 e. The van der Waals surface area contributed by atoms with Crippen LogP contribution in [0.3, 0.4) is 0 Å². The Labute approximate surface area is 680 Å². The van der Waals surface area contributed by atoms with Crippen LogP contribution in [0.4, 0.5) is 0 Å². The summed E-state index contributed by atoms with van der Waals surface area (Å²) in [4.78, 5) is 13.5. The van der Waals surface area contributed by atoms with Gasteiger partial charge in [0.15, 0.2) is 18.9 Å². The number of nitrogens with one attached hydrogen (secondary N) is 1. The van der Waals surface area contributed by atoms with E-state index in [0.717, 1.165) is 70.6 Å². The first-order valence-electron chi connectivity index (χ1n) is 45.8. The molecule has 112 heavy (non-hydrogen) atoms. The van der Waals surface area contributed by atoms with Crippen molar-refractivity contribution in [3.05, 3.63) is 85.1 Å². The highest BCUT2D eigenvalue weighted by atomic mass is 16.8. The number of ether oxygens (including phenoxy) is 6. The van der Waals surface area contributed by atoms with Crippen molar-refractivity contribution in [2.75, 3.05) is 26.4 Å². The molecule has 0 bridgehead atoms. The van der Waals surface area contributed by atoms with Gasteiger partial charge in [-0.2, -0.15) is 0 Å². The van der Waals surface area contributed by atoms with Gasteiger partial charge in [-0.15, -0.1) is 0 Å². The molecule has 0 aromatic rings. The van der Waals surface area contributed by atoms with Gasteiger partial charge in [0.05, 0.1) is 38.6 Å². The second kappa shape index (κ2) is 72.0. The van der Waals surface area contributed by atoms with E-state index in [1.54, 1.807) is 6.08 Å². The molecule has 0 radical (unpaired) electrons. The Morgan fingerprint density at radius 3 is 1.00 bits per heavy atom. The van der Waals surface area contributed by atoms with E-state index in [-0.39, 0.29) is 18.9 Å². The molecule has 0 aliphatic carbocycles. The fraction of sp³-hybridized carbons (Fsp3) is 0.839. The molecule has 19 nitrogen and oxygen atoms in total. The fourth-order valence-corrected chi connectivity index (χ4v) is 15.2. The number of aliphatic hydroxyl groups excluding tert-OH is 11. The molecule has 3 saturated heterocycles. The number of carbonyl (C=O) groups excluding carboxylic acids is 1. The van der Waals surface area contributed by atoms with Crippen LogP contribution in [0.5, 0.6) is 0 Å². The van der Waals surface area contributed by atoms with Gasteiger partial charge >= 0.3 is 0 Å². The lowest BCUT2D eigenvalue weighted by molar-refractivity contribution is -0.379. The summed E-state index contributed by atoms with van der Waals surface area (Å²) >= 11 is 0. The molecule has 19 heteroatoms. The molecule has 0 spiro atoms. The van der Waals surface area contributed by atoms with Crippen molar-refractivity contribution >= 4 is 5.91 Å². The van der Waals surface area contributed by atoms with Crippen LogP contribution in [-0.4, -0.2) is 193 Å². The van der Waals surface area contributed by atoms with Crippen molar-refractivity contribution < 1.29 is 89.4 Å². The SMILES string of the molecule is CC/C=C\C/C=C\C/C=C\C/C=C\CCCCCCCCCCCCCCCCCCCCCCCCCCCCCCC(=O)NC(COC1OC(CO)C(OC2OC(CO)C(OC3OC(CO)C(O)C(O)C3O)C(O)C2O)C(O)C1O)C(O)/C=C/CC/C=C/CC/C=C/CCCCCCCCCCCCCCCCCC. The van der Waals surface area contributed by atoms with Crippen LogP contribution in [0.15, 0.2) is 85.1 Å². The van der Waals surface area contributed by atoms with Crippen LogP contribution >= 0.6 is 0 Å². The molecule has 3 heterocycles. The molecule has 17 atom stereocenters. The lowest BCUT2D eigenvalue weighted by Crippen LogP contribution is -2.66. The van der Waals surface area contributed by atoms with E-state index in [0.29, 0.717) is 12.8 Å². The topological polar surface area (TPSA) is 307 Å². The number of hydrogen-bond donors (Lipinski definition) is 12. The Bertz CT molecular complexity index is 2350. The summed E-state index contributed by atoms with van der Waals surface area (Å²) in [5.74, 6) is -0.284. The largest absolute Gasteiger partial charge is 0.394 e. The number of unbranched alkanes of at least 4 members (excludes halogenated alkanes) is 46. The van der Waals surface area contributed by atoms with E-state index in [9.17, 15) is 61.0 Å². The number of amides is 1. The van der Waals surface area contributed by atoms with E-state index in [4.69, 9.17) is 28.4 Å². The summed E-state index contributed by atoms with van der Waals surface area (Å²) < 4.78 is 34.5. The fourth-order valence-electron chi connectivity index (χ4n) is 15.2. The molecule has 3 aliphatic heterocycles. The van der Waals surface area contributed by atoms with Crippen LogP contribution < -0.4 is 5.32 Å². The molecule has 1 amide bonds. The first kappa shape index (κ1) is 103. The molecule has 12 N–H and O–H groups in total. The van der Waals surface area contributed by atoms with Crippen LogP contribution in [0, 0.1) is 0 Å². The van der Waals surface area contributed by atoms with Crippen molar-refractivity contribution in [3.63, 3.8) is 0 Å². The van der Waals surface area contributed by atoms with Gasteiger partial charge in [-0.25, -0.2) is 0 Å². The van der Waals surface area contributed by atoms with Crippen LogP contribution in [0.2, 0.25) is 0 Å². The van der Waals surface area contributed by atoms with Crippen LogP contribution in [0.1, 0.15) is 367 Å². The third-order valence-electron chi connectivity index (χ3n) is 22.4. The summed E-state index contributed by atoms with van der Waals surface area (Å²) in [7, 11) is 0. The predicted molar refractivity (Wildman–Crippen MR) is 452 cm³/mol. The van der Waals surface area contributed by atoms with Gasteiger partial charge in [0.25, 0.3) is 0 Å². The minimum absolute atomic E-state index is 0.234. The van der Waals surface area contributed by atoms with Crippen LogP contribution in [-0.2, 0) is 33.2 Å². The molecule has 0 aromatic heterocycles. The third kappa shape index (κ3) is 50.0. The zero-order valence-corrected chi connectivity index (χ0v) is 70.4. The first-order valence-corrected chi connectivity index (χ1v) is 45.8. The van der Waals surface area contributed by atoms with E-state index in [2.05, 4.69) is 92.1 Å². The third-order valence-corrected chi connectivity index (χ3v) is 22.4. The van der Waals surface area contributed by atoms with Gasteiger partial charge in [-0.3, -0.25) is 4.79 Å². The molecular formula is C93H167NO18. The average molecular weight is 1590 g/mol. The molecule has 17 unspecified atom stereocenters. The second-order valence-electron chi connectivity index (χ2n) is 32.4. The Morgan fingerprint density at radius 1 is 0.330 bits per heavy atom. The zero-order valence-electron chi connectivity index (χ0n) is 70.4. The average Bonchev–Trinajstić information content (AvgIpc) is 0.781. The summed E-state index contributed by atoms with van der Waals surface area (Å²) in [5, 5.41) is 121. The second-order valence-corrected chi connectivity index (χ2v) is 32.4.